The number of aromatic hydroxyl groups is 1. The molecule has 0 unspecified atom stereocenters. The molecule has 0 atom stereocenters. The van der Waals surface area contributed by atoms with E-state index in [1.807, 2.05) is 25.1 Å². The number of H-pyrrole nitrogens is 1. The zero-order valence-corrected chi connectivity index (χ0v) is 13.6. The Morgan fingerprint density at radius 1 is 1.22 bits per heavy atom. The van der Waals surface area contributed by atoms with Crippen LogP contribution in [0.5, 0.6) is 11.5 Å². The highest BCUT2D eigenvalue weighted by molar-refractivity contribution is 6.30. The van der Waals surface area contributed by atoms with Crippen LogP contribution >= 0.6 is 11.6 Å². The number of phenols is 1. The van der Waals surface area contributed by atoms with Gasteiger partial charge in [-0.25, -0.2) is 0 Å². The third-order valence-electron chi connectivity index (χ3n) is 3.72. The highest BCUT2D eigenvalue weighted by Crippen LogP contribution is 2.38. The summed E-state index contributed by atoms with van der Waals surface area (Å²) in [5, 5.41) is 21.9. The Hall–Kier alpha value is -2.53. The summed E-state index contributed by atoms with van der Waals surface area (Å²) in [6.07, 6.45) is 0.782. The van der Waals surface area contributed by atoms with E-state index in [4.69, 9.17) is 16.3 Å². The van der Waals surface area contributed by atoms with Gasteiger partial charge in [-0.2, -0.15) is 0 Å². The number of nitrogens with zero attached hydrogens (tertiary/aromatic N) is 2. The molecule has 0 spiro atoms. The number of methoxy groups -OCH3 is 1. The lowest BCUT2D eigenvalue weighted by atomic mass is 10.0. The Bertz CT molecular complexity index is 828. The van der Waals surface area contributed by atoms with Crippen LogP contribution in [-0.2, 0) is 6.42 Å². The molecule has 0 aliphatic rings. The van der Waals surface area contributed by atoms with Gasteiger partial charge in [0, 0.05) is 22.2 Å². The molecule has 0 saturated carbocycles. The number of nitrogens with one attached hydrogen (secondary N) is 1. The van der Waals surface area contributed by atoms with Gasteiger partial charge in [-0.1, -0.05) is 35.9 Å². The molecule has 3 rings (SSSR count). The van der Waals surface area contributed by atoms with Gasteiger partial charge in [-0.3, -0.25) is 5.10 Å². The van der Waals surface area contributed by atoms with Crippen LogP contribution in [0, 0.1) is 0 Å². The molecule has 2 aromatic carbocycles. The fourth-order valence-corrected chi connectivity index (χ4v) is 2.63. The lowest BCUT2D eigenvalue weighted by Gasteiger charge is -2.11. The molecule has 0 saturated heterocycles. The van der Waals surface area contributed by atoms with Crippen molar-refractivity contribution in [3.8, 4) is 34.0 Å². The number of halogens is 1. The minimum absolute atomic E-state index is 0.100. The highest BCUT2D eigenvalue weighted by Gasteiger charge is 2.17. The summed E-state index contributed by atoms with van der Waals surface area (Å²) in [4.78, 5) is 0. The summed E-state index contributed by atoms with van der Waals surface area (Å²) in [6.45, 7) is 2.03. The number of aromatic amines is 1. The molecule has 0 bridgehead atoms. The molecule has 1 aromatic heterocycles. The smallest absolute Gasteiger partial charge is 0.128 e. The van der Waals surface area contributed by atoms with Gasteiger partial charge in [0.15, 0.2) is 0 Å². The average Bonchev–Trinajstić information content (AvgIpc) is 3.04. The van der Waals surface area contributed by atoms with Crippen molar-refractivity contribution in [2.24, 2.45) is 0 Å². The largest absolute Gasteiger partial charge is 0.507 e. The zero-order valence-electron chi connectivity index (χ0n) is 12.8. The summed E-state index contributed by atoms with van der Waals surface area (Å²) in [5.41, 5.74) is 3.81. The van der Waals surface area contributed by atoms with Gasteiger partial charge in [0.05, 0.1) is 12.8 Å². The van der Waals surface area contributed by atoms with Crippen molar-refractivity contribution >= 4 is 11.6 Å². The molecule has 118 valence electrons. The molecule has 5 nitrogen and oxygen atoms in total. The Kier molecular flexibility index (Phi) is 4.21. The quantitative estimate of drug-likeness (QED) is 0.757. The molecule has 6 heteroatoms. The van der Waals surface area contributed by atoms with Crippen LogP contribution in [0.15, 0.2) is 36.4 Å². The van der Waals surface area contributed by atoms with Crippen molar-refractivity contribution in [1.29, 1.82) is 0 Å². The maximum absolute atomic E-state index is 10.3. The first-order valence-corrected chi connectivity index (χ1v) is 7.59. The molecule has 23 heavy (non-hydrogen) atoms. The van der Waals surface area contributed by atoms with E-state index in [0.717, 1.165) is 23.2 Å². The Balaban J connectivity index is 2.13. The number of hydrogen-bond donors (Lipinski definition) is 2. The summed E-state index contributed by atoms with van der Waals surface area (Å²) in [7, 11) is 1.59. The van der Waals surface area contributed by atoms with Crippen LogP contribution in [0.1, 0.15) is 12.5 Å². The van der Waals surface area contributed by atoms with Crippen molar-refractivity contribution in [1.82, 2.24) is 15.4 Å². The zero-order chi connectivity index (χ0) is 16.4. The molecule has 0 aliphatic carbocycles. The number of rotatable bonds is 4. The number of aromatic nitrogens is 3. The molecule has 0 fully saturated rings. The van der Waals surface area contributed by atoms with Gasteiger partial charge in [0.1, 0.15) is 17.2 Å². The molecule has 0 amide bonds. The van der Waals surface area contributed by atoms with Crippen molar-refractivity contribution < 1.29 is 9.84 Å². The Morgan fingerprint density at radius 3 is 2.61 bits per heavy atom. The van der Waals surface area contributed by atoms with Gasteiger partial charge in [0.2, 0.25) is 0 Å². The van der Waals surface area contributed by atoms with Gasteiger partial charge < -0.3 is 9.84 Å². The minimum Gasteiger partial charge on any atom is -0.507 e. The Labute approximate surface area is 138 Å². The second-order valence-electron chi connectivity index (χ2n) is 5.08. The summed E-state index contributed by atoms with van der Waals surface area (Å²) in [6, 6.07) is 10.8. The predicted octanol–water partition coefficient (Wildman–Crippen LogP) is 4.07. The normalized spacial score (nSPS) is 10.7. The number of aryl methyl sites for hydroxylation is 1. The van der Waals surface area contributed by atoms with Crippen LogP contribution in [0.4, 0.5) is 0 Å². The maximum atomic E-state index is 10.3. The number of phenolic OH excluding ortho intramolecular Hbond substituents is 1. The summed E-state index contributed by atoms with van der Waals surface area (Å²) in [5.74, 6) is 0.758. The van der Waals surface area contributed by atoms with Crippen LogP contribution < -0.4 is 4.74 Å². The van der Waals surface area contributed by atoms with Crippen molar-refractivity contribution in [3.05, 3.63) is 47.0 Å². The molecule has 1 heterocycles. The second kappa shape index (κ2) is 6.30. The molecule has 3 aromatic rings. The molecular formula is C17H16ClN3O2. The summed E-state index contributed by atoms with van der Waals surface area (Å²) < 4.78 is 5.30. The third-order valence-corrected chi connectivity index (χ3v) is 3.97. The Morgan fingerprint density at radius 2 is 1.96 bits per heavy atom. The molecule has 0 aliphatic heterocycles. The standard InChI is InChI=1S/C17H16ClN3O2/c1-3-10-8-13(14(22)9-15(10)23-2)17-16(19-21-20-17)11-4-6-12(18)7-5-11/h4-9,22H,3H2,1-2H3,(H,19,20,21). The third kappa shape index (κ3) is 2.87. The molecule has 2 N–H and O–H groups in total. The lowest BCUT2D eigenvalue weighted by Crippen LogP contribution is -1.93. The first kappa shape index (κ1) is 15.4. The first-order valence-electron chi connectivity index (χ1n) is 7.21. The van der Waals surface area contributed by atoms with Gasteiger partial charge in [-0.15, -0.1) is 5.10 Å². The van der Waals surface area contributed by atoms with E-state index in [9.17, 15) is 5.11 Å². The van der Waals surface area contributed by atoms with E-state index >= 15 is 0 Å². The minimum atomic E-state index is 0.100. The van der Waals surface area contributed by atoms with Crippen molar-refractivity contribution in [2.45, 2.75) is 13.3 Å². The monoisotopic (exact) mass is 329 g/mol. The highest BCUT2D eigenvalue weighted by atomic mass is 35.5. The van der Waals surface area contributed by atoms with Crippen molar-refractivity contribution in [2.75, 3.05) is 7.11 Å². The fraction of sp³-hybridized carbons (Fsp3) is 0.176. The van der Waals surface area contributed by atoms with E-state index in [2.05, 4.69) is 15.4 Å². The maximum Gasteiger partial charge on any atom is 0.128 e. The van der Waals surface area contributed by atoms with Gasteiger partial charge >= 0.3 is 0 Å². The van der Waals surface area contributed by atoms with E-state index in [-0.39, 0.29) is 5.75 Å². The number of benzene rings is 2. The van der Waals surface area contributed by atoms with Crippen LogP contribution in [-0.4, -0.2) is 27.6 Å². The van der Waals surface area contributed by atoms with E-state index in [1.165, 1.54) is 0 Å². The molecule has 0 radical (unpaired) electrons. The van der Waals surface area contributed by atoms with Gasteiger partial charge in [0.25, 0.3) is 0 Å². The van der Waals surface area contributed by atoms with E-state index in [0.29, 0.717) is 22.0 Å². The predicted molar refractivity (Wildman–Crippen MR) is 89.9 cm³/mol. The first-order chi connectivity index (χ1) is 11.1. The lowest BCUT2D eigenvalue weighted by molar-refractivity contribution is 0.403. The number of hydrogen-bond acceptors (Lipinski definition) is 4. The second-order valence-corrected chi connectivity index (χ2v) is 5.51. The van der Waals surface area contributed by atoms with Gasteiger partial charge in [-0.05, 0) is 30.2 Å². The topological polar surface area (TPSA) is 71.0 Å². The van der Waals surface area contributed by atoms with Crippen LogP contribution in [0.3, 0.4) is 0 Å². The van der Waals surface area contributed by atoms with Crippen LogP contribution in [0.2, 0.25) is 5.02 Å². The molecular weight excluding hydrogens is 314 g/mol. The summed E-state index contributed by atoms with van der Waals surface area (Å²) >= 11 is 5.93. The van der Waals surface area contributed by atoms with Crippen molar-refractivity contribution in [3.63, 3.8) is 0 Å². The fourth-order valence-electron chi connectivity index (χ4n) is 2.50. The number of ether oxygens (including phenoxy) is 1. The SMILES string of the molecule is CCc1cc(-c2nn[nH]c2-c2ccc(Cl)cc2)c(O)cc1OC. The average molecular weight is 330 g/mol. The van der Waals surface area contributed by atoms with E-state index < -0.39 is 0 Å². The van der Waals surface area contributed by atoms with Crippen LogP contribution in [0.25, 0.3) is 22.5 Å². The van der Waals surface area contributed by atoms with E-state index in [1.54, 1.807) is 25.3 Å².